The third kappa shape index (κ3) is 41.7. The molecule has 0 heterocycles. The molecule has 0 aromatic carbocycles. The van der Waals surface area contributed by atoms with Gasteiger partial charge in [-0.05, 0) is 0 Å². The van der Waals surface area contributed by atoms with Crippen molar-refractivity contribution in [3.05, 3.63) is 0 Å². The molecule has 0 aromatic heterocycles. The molecule has 9 nitrogen and oxygen atoms in total. The Morgan fingerprint density at radius 2 is 1.31 bits per heavy atom. The fraction of sp³-hybridized carbons (Fsp3) is 0. The maximum Gasteiger partial charge on any atom is 1.00 e. The van der Waals surface area contributed by atoms with Gasteiger partial charge in [-0.15, -0.1) is 0 Å². The monoisotopic (exact) mass is 240 g/mol. The minimum atomic E-state index is -4.61. The van der Waals surface area contributed by atoms with Crippen molar-refractivity contribution in [3.63, 3.8) is 0 Å². The van der Waals surface area contributed by atoms with Gasteiger partial charge in [-0.1, -0.05) is 4.33 Å². The van der Waals surface area contributed by atoms with Crippen molar-refractivity contribution < 1.29 is 105 Å². The Hall–Kier alpha value is 1.73. The Bertz CT molecular complexity index is 171. The summed E-state index contributed by atoms with van der Waals surface area (Å²) in [5.74, 6) is 0. The summed E-state index contributed by atoms with van der Waals surface area (Å²) in [6, 6.07) is 0. The second-order valence-corrected chi connectivity index (χ2v) is 1.94. The third-order valence-corrected chi connectivity index (χ3v) is 0.377. The van der Waals surface area contributed by atoms with Gasteiger partial charge in [-0.25, -0.2) is 10.1 Å². The van der Waals surface area contributed by atoms with Crippen molar-refractivity contribution in [3.8, 4) is 0 Å². The summed E-state index contributed by atoms with van der Waals surface area (Å²) in [4.78, 5) is 2.86. The van der Waals surface area contributed by atoms with Crippen molar-refractivity contribution >= 4 is 17.7 Å². The summed E-state index contributed by atoms with van der Waals surface area (Å²) < 4.78 is 28.0. The van der Waals surface area contributed by atoms with Crippen LogP contribution in [-0.2, 0) is 19.5 Å². The quantitative estimate of drug-likeness (QED) is 0.137. The van der Waals surface area contributed by atoms with Crippen LogP contribution in [-0.4, -0.2) is 40.9 Å². The zero-order valence-corrected chi connectivity index (χ0v) is 11.7. The molecule has 72 valence electrons. The van der Waals surface area contributed by atoms with E-state index in [1.807, 2.05) is 0 Å². The predicted octanol–water partition coefficient (Wildman–Crippen LogP) is -8.04. The van der Waals surface area contributed by atoms with Gasteiger partial charge < -0.3 is 12.9 Å². The molecule has 0 radical (unpaired) electrons. The van der Waals surface area contributed by atoms with Crippen LogP contribution < -0.4 is 59.1 Å². The number of hydrogen-bond acceptors (Lipinski definition) is 8. The first kappa shape index (κ1) is 24.1. The molecule has 0 saturated heterocycles. The van der Waals surface area contributed by atoms with Crippen molar-refractivity contribution in [2.24, 2.45) is 0 Å². The fourth-order valence-corrected chi connectivity index (χ4v) is 0. The first-order valence-corrected chi connectivity index (χ1v) is 3.16. The molecule has 0 aliphatic heterocycles. The van der Waals surface area contributed by atoms with Crippen molar-refractivity contribution in [2.75, 3.05) is 0 Å². The molecule has 13 heavy (non-hydrogen) atoms. The maximum absolute atomic E-state index is 9.08. The van der Waals surface area contributed by atoms with Crippen molar-refractivity contribution in [1.82, 2.24) is 0 Å². The van der Waals surface area contributed by atoms with Gasteiger partial charge in [0.05, 0.1) is 0 Å². The molecular weight excluding hydrogens is 233 g/mol. The van der Waals surface area contributed by atoms with Gasteiger partial charge >= 0.3 is 76.8 Å². The van der Waals surface area contributed by atoms with E-state index in [-0.39, 0.29) is 62.0 Å². The Balaban J connectivity index is -0.0000000215. The van der Waals surface area contributed by atoms with E-state index in [0.29, 0.717) is 0 Å². The molecule has 0 unspecified atom stereocenters. The first-order valence-electron chi connectivity index (χ1n) is 1.80. The van der Waals surface area contributed by atoms with Crippen LogP contribution in [0.15, 0.2) is 0 Å². The van der Waals surface area contributed by atoms with Crippen LogP contribution in [0.5, 0.6) is 0 Å². The number of rotatable bonds is 2. The molecule has 0 atom stereocenters. The van der Waals surface area contributed by atoms with Gasteiger partial charge in [0, 0.05) is 0 Å². The Labute approximate surface area is 121 Å². The van der Waals surface area contributed by atoms with E-state index in [2.05, 4.69) is 9.14 Å². The standard InChI is InChI=1S/BH3O4.2Na.H2O5S.2H/c2-1(3)5-4;;;1-5-6(2,3)4;;/h2-4H;;;1H,(H,2,3,4);;/q;2*+1;;2*-1. The molecule has 0 fully saturated rings. The van der Waals surface area contributed by atoms with Crippen LogP contribution in [0, 0.1) is 0 Å². The minimum absolute atomic E-state index is 0. The topological polar surface area (TPSA) is 154 Å². The third-order valence-electron chi connectivity index (χ3n) is 0.188. The molecule has 0 amide bonds. The normalized spacial score (nSPS) is 8.38. The maximum atomic E-state index is 9.08. The largest absolute Gasteiger partial charge is 1.00 e. The molecule has 0 saturated carbocycles. The van der Waals surface area contributed by atoms with Crippen LogP contribution in [0.4, 0.5) is 0 Å². The van der Waals surface area contributed by atoms with Gasteiger partial charge in [-0.2, -0.15) is 8.42 Å². The van der Waals surface area contributed by atoms with Crippen LogP contribution in [0.25, 0.3) is 0 Å². The van der Waals surface area contributed by atoms with E-state index >= 15 is 0 Å². The summed E-state index contributed by atoms with van der Waals surface area (Å²) in [7, 11) is -6.67. The van der Waals surface area contributed by atoms with Crippen LogP contribution >= 0.6 is 0 Å². The average Bonchev–Trinajstić information content (AvgIpc) is 1.88. The summed E-state index contributed by atoms with van der Waals surface area (Å²) in [5.41, 5.74) is 0. The average molecular weight is 240 g/mol. The Kier molecular flexibility index (Phi) is 25.5. The van der Waals surface area contributed by atoms with Crippen LogP contribution in [0.3, 0.4) is 0 Å². The fourth-order valence-electron chi connectivity index (χ4n) is 0. The van der Waals surface area contributed by atoms with E-state index in [0.717, 1.165) is 0 Å². The molecule has 5 N–H and O–H groups in total. The van der Waals surface area contributed by atoms with Crippen LogP contribution in [0.2, 0.25) is 0 Å². The van der Waals surface area contributed by atoms with Crippen molar-refractivity contribution in [2.45, 2.75) is 0 Å². The van der Waals surface area contributed by atoms with E-state index < -0.39 is 17.7 Å². The number of hydrogen-bond donors (Lipinski definition) is 5. The predicted molar refractivity (Wildman–Crippen MR) is 31.4 cm³/mol. The Morgan fingerprint density at radius 3 is 1.31 bits per heavy atom. The van der Waals surface area contributed by atoms with Gasteiger partial charge in [0.1, 0.15) is 0 Å². The van der Waals surface area contributed by atoms with Crippen LogP contribution in [0.1, 0.15) is 2.85 Å². The summed E-state index contributed by atoms with van der Waals surface area (Å²) in [6.07, 6.45) is 0. The van der Waals surface area contributed by atoms with Gasteiger partial charge in [0.2, 0.25) is 0 Å². The zero-order chi connectivity index (χ0) is 9.49. The molecule has 0 spiro atoms. The Morgan fingerprint density at radius 1 is 1.15 bits per heavy atom. The molecule has 0 aliphatic carbocycles. The molecule has 0 aliphatic rings. The van der Waals surface area contributed by atoms with Gasteiger partial charge in [0.15, 0.2) is 0 Å². The second kappa shape index (κ2) is 13.7. The SMILES string of the molecule is O=S(=O)(O)OO.OOB(O)O.[H-].[H-].[Na+].[Na+]. The second-order valence-electron chi connectivity index (χ2n) is 0.934. The smallest absolute Gasteiger partial charge is 1.00 e. The molecule has 0 rings (SSSR count). The summed E-state index contributed by atoms with van der Waals surface area (Å²) in [5, 5.41) is 29.1. The van der Waals surface area contributed by atoms with E-state index in [1.54, 1.807) is 0 Å². The van der Waals surface area contributed by atoms with Crippen molar-refractivity contribution in [1.29, 1.82) is 0 Å². The summed E-state index contributed by atoms with van der Waals surface area (Å²) in [6.45, 7) is 0. The minimum Gasteiger partial charge on any atom is -1.00 e. The summed E-state index contributed by atoms with van der Waals surface area (Å²) >= 11 is 0. The van der Waals surface area contributed by atoms with E-state index in [9.17, 15) is 0 Å². The van der Waals surface area contributed by atoms with Gasteiger partial charge in [0.25, 0.3) is 0 Å². The first-order chi connectivity index (χ1) is 4.83. The molecular formula is H7BNa2O9S. The molecule has 13 heteroatoms. The van der Waals surface area contributed by atoms with E-state index in [1.165, 1.54) is 0 Å². The zero-order valence-electron chi connectivity index (χ0n) is 8.85. The van der Waals surface area contributed by atoms with Gasteiger partial charge in [-0.3, -0.25) is 9.81 Å². The van der Waals surface area contributed by atoms with E-state index in [4.69, 9.17) is 33.5 Å². The molecule has 0 aromatic rings. The molecule has 0 bridgehead atoms.